The molecule has 144 valence electrons. The molecule has 1 amide bonds. The van der Waals surface area contributed by atoms with E-state index in [-0.39, 0.29) is 35.0 Å². The third-order valence-corrected chi connectivity index (χ3v) is 4.79. The van der Waals surface area contributed by atoms with Crippen LogP contribution in [0.25, 0.3) is 0 Å². The highest BCUT2D eigenvalue weighted by molar-refractivity contribution is 8.00. The molecule has 1 unspecified atom stereocenters. The second-order valence-electron chi connectivity index (χ2n) is 5.64. The molecular weight excluding hydrogens is 379 g/mol. The lowest BCUT2D eigenvalue weighted by Crippen LogP contribution is -2.31. The van der Waals surface area contributed by atoms with Crippen LogP contribution in [0.3, 0.4) is 0 Å². The number of ether oxygens (including phenoxy) is 1. The van der Waals surface area contributed by atoms with Gasteiger partial charge in [-0.1, -0.05) is 42.5 Å². The second kappa shape index (κ2) is 9.45. The molecule has 2 aromatic rings. The van der Waals surface area contributed by atoms with Crippen molar-refractivity contribution in [2.75, 3.05) is 12.3 Å². The highest BCUT2D eigenvalue weighted by atomic mass is 32.2. The van der Waals surface area contributed by atoms with E-state index in [2.05, 4.69) is 10.1 Å². The van der Waals surface area contributed by atoms with Crippen molar-refractivity contribution in [2.45, 2.75) is 18.5 Å². The van der Waals surface area contributed by atoms with E-state index < -0.39 is 6.36 Å². The van der Waals surface area contributed by atoms with Gasteiger partial charge < -0.3 is 10.1 Å². The van der Waals surface area contributed by atoms with Crippen molar-refractivity contribution in [1.29, 1.82) is 0 Å². The number of thioether (sulfide) groups is 1. The largest absolute Gasteiger partial charge is 0.573 e. The molecule has 0 saturated heterocycles. The van der Waals surface area contributed by atoms with Gasteiger partial charge in [-0.25, -0.2) is 0 Å². The van der Waals surface area contributed by atoms with Crippen LogP contribution in [0.15, 0.2) is 54.6 Å². The Morgan fingerprint density at radius 3 is 2.30 bits per heavy atom. The summed E-state index contributed by atoms with van der Waals surface area (Å²) in [7, 11) is 0. The van der Waals surface area contributed by atoms with Gasteiger partial charge in [-0.15, -0.1) is 24.9 Å². The number of amides is 1. The normalized spacial score (nSPS) is 12.3. The van der Waals surface area contributed by atoms with Crippen LogP contribution < -0.4 is 10.1 Å². The van der Waals surface area contributed by atoms with Crippen LogP contribution in [0.4, 0.5) is 13.2 Å². The number of rotatable bonds is 8. The van der Waals surface area contributed by atoms with E-state index in [1.807, 2.05) is 6.92 Å². The zero-order valence-corrected chi connectivity index (χ0v) is 15.3. The van der Waals surface area contributed by atoms with Crippen molar-refractivity contribution in [3.63, 3.8) is 0 Å². The Kier molecular flexibility index (Phi) is 7.29. The molecule has 0 heterocycles. The Balaban J connectivity index is 1.76. The quantitative estimate of drug-likeness (QED) is 0.672. The van der Waals surface area contributed by atoms with Gasteiger partial charge in [0.25, 0.3) is 0 Å². The van der Waals surface area contributed by atoms with E-state index in [1.165, 1.54) is 36.0 Å². The van der Waals surface area contributed by atoms with E-state index >= 15 is 0 Å². The van der Waals surface area contributed by atoms with Gasteiger partial charge in [0.1, 0.15) is 5.75 Å². The highest BCUT2D eigenvalue weighted by Crippen LogP contribution is 2.30. The standard InChI is InChI=1S/C19H18F3NO3S/c1-13(14-7-9-16(10-8-14)26-19(20,21)22)27-12-18(25)23-11-17(24)15-5-3-2-4-6-15/h2-10,13H,11-12H2,1H3,(H,23,25). The van der Waals surface area contributed by atoms with Gasteiger partial charge in [-0.2, -0.15) is 0 Å². The van der Waals surface area contributed by atoms with Crippen LogP contribution in [0.5, 0.6) is 5.75 Å². The predicted molar refractivity (Wildman–Crippen MR) is 97.8 cm³/mol. The molecule has 0 fully saturated rings. The summed E-state index contributed by atoms with van der Waals surface area (Å²) in [5, 5.41) is 2.46. The van der Waals surface area contributed by atoms with E-state index in [0.29, 0.717) is 5.56 Å². The maximum absolute atomic E-state index is 12.2. The molecule has 0 spiro atoms. The summed E-state index contributed by atoms with van der Waals surface area (Å²) in [5.74, 6) is -0.625. The summed E-state index contributed by atoms with van der Waals surface area (Å²) < 4.78 is 40.3. The Morgan fingerprint density at radius 1 is 1.07 bits per heavy atom. The lowest BCUT2D eigenvalue weighted by molar-refractivity contribution is -0.274. The molecule has 1 N–H and O–H groups in total. The number of carbonyl (C=O) groups excluding carboxylic acids is 2. The average molecular weight is 397 g/mol. The molecule has 2 rings (SSSR count). The zero-order chi connectivity index (χ0) is 19.9. The molecule has 27 heavy (non-hydrogen) atoms. The van der Waals surface area contributed by atoms with Crippen molar-refractivity contribution in [3.05, 3.63) is 65.7 Å². The lowest BCUT2D eigenvalue weighted by atomic mass is 10.1. The monoisotopic (exact) mass is 397 g/mol. The van der Waals surface area contributed by atoms with Gasteiger partial charge in [0.05, 0.1) is 12.3 Å². The molecule has 8 heteroatoms. The van der Waals surface area contributed by atoms with Crippen molar-refractivity contribution < 1.29 is 27.5 Å². The third-order valence-electron chi connectivity index (χ3n) is 3.59. The molecule has 4 nitrogen and oxygen atoms in total. The molecule has 0 aliphatic carbocycles. The molecule has 0 radical (unpaired) electrons. The topological polar surface area (TPSA) is 55.4 Å². The summed E-state index contributed by atoms with van der Waals surface area (Å²) in [6.07, 6.45) is -4.73. The number of ketones is 1. The SMILES string of the molecule is CC(SCC(=O)NCC(=O)c1ccccc1)c1ccc(OC(F)(F)F)cc1. The maximum atomic E-state index is 12.2. The minimum atomic E-state index is -4.73. The molecule has 0 aromatic heterocycles. The van der Waals surface area contributed by atoms with Crippen molar-refractivity contribution in [1.82, 2.24) is 5.32 Å². The Morgan fingerprint density at radius 2 is 1.70 bits per heavy atom. The number of hydrogen-bond donors (Lipinski definition) is 1. The van der Waals surface area contributed by atoms with Crippen LogP contribution in [0.1, 0.15) is 28.1 Å². The number of benzene rings is 2. The summed E-state index contributed by atoms with van der Waals surface area (Å²) in [6, 6.07) is 14.2. The first-order valence-corrected chi connectivity index (χ1v) is 9.12. The smallest absolute Gasteiger partial charge is 0.406 e. The second-order valence-corrected chi connectivity index (χ2v) is 6.97. The highest BCUT2D eigenvalue weighted by Gasteiger charge is 2.31. The number of halogens is 3. The number of Topliss-reactive ketones (excluding diaryl/α,β-unsaturated/α-hetero) is 1. The van der Waals surface area contributed by atoms with Crippen LogP contribution in [0, 0.1) is 0 Å². The molecule has 1 atom stereocenters. The summed E-state index contributed by atoms with van der Waals surface area (Å²) in [4.78, 5) is 23.8. The van der Waals surface area contributed by atoms with Crippen molar-refractivity contribution in [2.24, 2.45) is 0 Å². The van der Waals surface area contributed by atoms with Gasteiger partial charge >= 0.3 is 6.36 Å². The van der Waals surface area contributed by atoms with Gasteiger partial charge in [-0.05, 0) is 24.6 Å². The minimum Gasteiger partial charge on any atom is -0.406 e. The van der Waals surface area contributed by atoms with Crippen molar-refractivity contribution >= 4 is 23.5 Å². The van der Waals surface area contributed by atoms with E-state index in [9.17, 15) is 22.8 Å². The Bertz CT molecular complexity index is 764. The lowest BCUT2D eigenvalue weighted by Gasteiger charge is -2.13. The first-order chi connectivity index (χ1) is 12.7. The fourth-order valence-corrected chi connectivity index (χ4v) is 3.05. The Hall–Kier alpha value is -2.48. The maximum Gasteiger partial charge on any atom is 0.573 e. The Labute approximate surface area is 159 Å². The molecule has 0 aliphatic rings. The van der Waals surface area contributed by atoms with E-state index in [1.54, 1.807) is 30.3 Å². The van der Waals surface area contributed by atoms with Crippen molar-refractivity contribution in [3.8, 4) is 5.75 Å². The number of nitrogens with one attached hydrogen (secondary N) is 1. The number of hydrogen-bond acceptors (Lipinski definition) is 4. The summed E-state index contributed by atoms with van der Waals surface area (Å²) in [5.41, 5.74) is 1.29. The fourth-order valence-electron chi connectivity index (χ4n) is 2.19. The molecule has 2 aromatic carbocycles. The molecule has 0 bridgehead atoms. The average Bonchev–Trinajstić information content (AvgIpc) is 2.64. The molecular formula is C19H18F3NO3S. The molecule has 0 saturated carbocycles. The van der Waals surface area contributed by atoms with Crippen LogP contribution in [0.2, 0.25) is 0 Å². The summed E-state index contributed by atoms with van der Waals surface area (Å²) >= 11 is 1.32. The minimum absolute atomic E-state index is 0.0821. The van der Waals surface area contributed by atoms with E-state index in [0.717, 1.165) is 5.56 Å². The van der Waals surface area contributed by atoms with Crippen LogP contribution in [-0.2, 0) is 4.79 Å². The first kappa shape index (κ1) is 20.8. The van der Waals surface area contributed by atoms with E-state index in [4.69, 9.17) is 0 Å². The van der Waals surface area contributed by atoms with Gasteiger partial charge in [-0.3, -0.25) is 9.59 Å². The van der Waals surface area contributed by atoms with Gasteiger partial charge in [0.2, 0.25) is 5.91 Å². The fraction of sp³-hybridized carbons (Fsp3) is 0.263. The zero-order valence-electron chi connectivity index (χ0n) is 14.5. The first-order valence-electron chi connectivity index (χ1n) is 8.07. The summed E-state index contributed by atoms with van der Waals surface area (Å²) in [6.45, 7) is 1.76. The third kappa shape index (κ3) is 7.34. The number of alkyl halides is 3. The number of carbonyl (C=O) groups is 2. The van der Waals surface area contributed by atoms with Crippen LogP contribution in [-0.4, -0.2) is 30.4 Å². The molecule has 0 aliphatic heterocycles. The predicted octanol–water partition coefficient (Wildman–Crippen LogP) is 4.38. The van der Waals surface area contributed by atoms with Gasteiger partial charge in [0.15, 0.2) is 5.78 Å². The van der Waals surface area contributed by atoms with Gasteiger partial charge in [0, 0.05) is 10.8 Å². The van der Waals surface area contributed by atoms with Crippen LogP contribution >= 0.6 is 11.8 Å².